The third-order valence-corrected chi connectivity index (χ3v) is 5.25. The third kappa shape index (κ3) is 6.97. The highest BCUT2D eigenvalue weighted by Crippen LogP contribution is 2.20. The number of carboxylic acid groups (broad SMARTS) is 1. The summed E-state index contributed by atoms with van der Waals surface area (Å²) in [5, 5.41) is 12.9. The van der Waals surface area contributed by atoms with Crippen molar-refractivity contribution in [1.29, 1.82) is 0 Å². The Balaban J connectivity index is 1.91. The molecule has 1 amide bonds. The van der Waals surface area contributed by atoms with E-state index in [0.29, 0.717) is 15.8 Å². The number of methoxy groups -OCH3 is 1. The van der Waals surface area contributed by atoms with Gasteiger partial charge in [0.25, 0.3) is 5.91 Å². The SMILES string of the molecule is COc1cccc(NC(=O)[C@@H](OC(=O)c2ccc(Cl)cc2)[C@H](OC(=O)c2ccc(Cl)cc2)C(=O)O)c1. The lowest BCUT2D eigenvalue weighted by molar-refractivity contribution is -0.157. The van der Waals surface area contributed by atoms with E-state index in [1.807, 2.05) is 0 Å². The van der Waals surface area contributed by atoms with E-state index in [1.54, 1.807) is 12.1 Å². The maximum absolute atomic E-state index is 13.1. The van der Waals surface area contributed by atoms with Gasteiger partial charge in [-0.1, -0.05) is 29.3 Å². The van der Waals surface area contributed by atoms with E-state index in [-0.39, 0.29) is 16.8 Å². The standard InChI is InChI=1S/C25H19Cl2NO8/c1-34-19-4-2-3-18(13-19)28-22(29)20(35-24(32)14-5-9-16(26)10-6-14)21(23(30)31)36-25(33)15-7-11-17(27)12-8-15/h2-13,20-21H,1H3,(H,28,29)(H,30,31)/t20-,21-/m0/s1. The van der Waals surface area contributed by atoms with Crippen LogP contribution >= 0.6 is 23.2 Å². The molecule has 0 fully saturated rings. The molecule has 0 aliphatic rings. The fraction of sp³-hybridized carbons (Fsp3) is 0.120. The van der Waals surface area contributed by atoms with Gasteiger partial charge < -0.3 is 24.6 Å². The summed E-state index contributed by atoms with van der Waals surface area (Å²) in [6.45, 7) is 0. The van der Waals surface area contributed by atoms with Crippen molar-refractivity contribution in [2.24, 2.45) is 0 Å². The molecule has 0 saturated carbocycles. The van der Waals surface area contributed by atoms with Gasteiger partial charge in [-0.05, 0) is 60.7 Å². The van der Waals surface area contributed by atoms with E-state index in [2.05, 4.69) is 5.32 Å². The molecule has 0 aromatic heterocycles. The number of nitrogens with one attached hydrogen (secondary N) is 1. The summed E-state index contributed by atoms with van der Waals surface area (Å²) in [5.74, 6) is -4.47. The summed E-state index contributed by atoms with van der Waals surface area (Å²) in [6, 6.07) is 17.1. The highest BCUT2D eigenvalue weighted by Gasteiger charge is 2.41. The first-order chi connectivity index (χ1) is 17.2. The normalized spacial score (nSPS) is 12.1. The molecule has 0 heterocycles. The highest BCUT2D eigenvalue weighted by molar-refractivity contribution is 6.31. The van der Waals surface area contributed by atoms with Crippen LogP contribution in [0.2, 0.25) is 10.0 Å². The van der Waals surface area contributed by atoms with Gasteiger partial charge in [0.15, 0.2) is 0 Å². The van der Waals surface area contributed by atoms with Crippen molar-refractivity contribution in [2.75, 3.05) is 12.4 Å². The zero-order valence-electron chi connectivity index (χ0n) is 18.6. The lowest BCUT2D eigenvalue weighted by atomic mass is 10.1. The van der Waals surface area contributed by atoms with Gasteiger partial charge in [-0.2, -0.15) is 0 Å². The molecule has 2 N–H and O–H groups in total. The quantitative estimate of drug-likeness (QED) is 0.387. The van der Waals surface area contributed by atoms with Crippen molar-refractivity contribution in [3.8, 4) is 5.75 Å². The van der Waals surface area contributed by atoms with Crippen molar-refractivity contribution in [2.45, 2.75) is 12.2 Å². The molecule has 9 nitrogen and oxygen atoms in total. The van der Waals surface area contributed by atoms with Gasteiger partial charge in [-0.15, -0.1) is 0 Å². The lowest BCUT2D eigenvalue weighted by Crippen LogP contribution is -2.48. The minimum absolute atomic E-state index is 0.00764. The first kappa shape index (κ1) is 26.5. The molecule has 3 aromatic carbocycles. The van der Waals surface area contributed by atoms with Crippen LogP contribution in [0.15, 0.2) is 72.8 Å². The number of amides is 1. The first-order valence-corrected chi connectivity index (χ1v) is 11.0. The monoisotopic (exact) mass is 531 g/mol. The number of aliphatic carboxylic acids is 1. The maximum Gasteiger partial charge on any atom is 0.349 e. The molecule has 186 valence electrons. The Morgan fingerprint density at radius 2 is 1.28 bits per heavy atom. The van der Waals surface area contributed by atoms with E-state index in [9.17, 15) is 24.3 Å². The minimum Gasteiger partial charge on any atom is -0.497 e. The molecule has 0 unspecified atom stereocenters. The number of halogens is 2. The van der Waals surface area contributed by atoms with Crippen LogP contribution in [0, 0.1) is 0 Å². The van der Waals surface area contributed by atoms with Gasteiger partial charge in [0.2, 0.25) is 12.2 Å². The molecular weight excluding hydrogens is 513 g/mol. The Bertz CT molecular complexity index is 1260. The third-order valence-electron chi connectivity index (χ3n) is 4.74. The summed E-state index contributed by atoms with van der Waals surface area (Å²) in [6.07, 6.45) is -4.25. The van der Waals surface area contributed by atoms with E-state index in [4.69, 9.17) is 37.4 Å². The Morgan fingerprint density at radius 1 is 0.778 bits per heavy atom. The summed E-state index contributed by atoms with van der Waals surface area (Å²) in [4.78, 5) is 50.5. The van der Waals surface area contributed by atoms with Crippen LogP contribution in [-0.4, -0.2) is 48.2 Å². The second-order valence-electron chi connectivity index (χ2n) is 7.23. The van der Waals surface area contributed by atoms with E-state index < -0.39 is 36.0 Å². The van der Waals surface area contributed by atoms with Gasteiger partial charge >= 0.3 is 17.9 Å². The number of hydrogen-bond acceptors (Lipinski definition) is 7. The predicted molar refractivity (Wildman–Crippen MR) is 131 cm³/mol. The number of carbonyl (C=O) groups is 4. The Hall–Kier alpha value is -4.08. The van der Waals surface area contributed by atoms with Gasteiger partial charge in [0, 0.05) is 21.8 Å². The molecule has 3 aromatic rings. The number of rotatable bonds is 9. The average molecular weight is 532 g/mol. The zero-order valence-corrected chi connectivity index (χ0v) is 20.2. The van der Waals surface area contributed by atoms with Gasteiger partial charge in [0.1, 0.15) is 5.75 Å². The molecule has 0 radical (unpaired) electrons. The van der Waals surface area contributed by atoms with Crippen LogP contribution in [0.4, 0.5) is 5.69 Å². The second-order valence-corrected chi connectivity index (χ2v) is 8.10. The van der Waals surface area contributed by atoms with Crippen molar-refractivity contribution in [1.82, 2.24) is 0 Å². The van der Waals surface area contributed by atoms with Crippen LogP contribution < -0.4 is 10.1 Å². The van der Waals surface area contributed by atoms with Crippen LogP contribution in [0.5, 0.6) is 5.75 Å². The zero-order chi connectivity index (χ0) is 26.2. The number of carbonyl (C=O) groups excluding carboxylic acids is 3. The van der Waals surface area contributed by atoms with Crippen molar-refractivity contribution in [3.63, 3.8) is 0 Å². The molecule has 0 aliphatic carbocycles. The number of benzene rings is 3. The van der Waals surface area contributed by atoms with Gasteiger partial charge in [0.05, 0.1) is 18.2 Å². The van der Waals surface area contributed by atoms with Crippen molar-refractivity contribution < 1.29 is 38.5 Å². The molecule has 11 heteroatoms. The number of ether oxygens (including phenoxy) is 3. The average Bonchev–Trinajstić information content (AvgIpc) is 2.86. The van der Waals surface area contributed by atoms with Crippen molar-refractivity contribution >= 4 is 52.7 Å². The molecule has 2 atom stereocenters. The topological polar surface area (TPSA) is 128 Å². The Labute approximate surface area is 215 Å². The number of esters is 2. The summed E-state index contributed by atoms with van der Waals surface area (Å²) >= 11 is 11.6. The Morgan fingerprint density at radius 3 is 1.75 bits per heavy atom. The smallest absolute Gasteiger partial charge is 0.349 e. The maximum atomic E-state index is 13.1. The summed E-state index contributed by atoms with van der Waals surface area (Å²) in [5.41, 5.74) is 0.188. The largest absolute Gasteiger partial charge is 0.497 e. The van der Waals surface area contributed by atoms with Crippen LogP contribution in [0.25, 0.3) is 0 Å². The molecule has 0 spiro atoms. The Kier molecular flexibility index (Phi) is 8.88. The predicted octanol–water partition coefficient (Wildman–Crippen LogP) is 4.48. The fourth-order valence-electron chi connectivity index (χ4n) is 2.95. The molecule has 0 bridgehead atoms. The van der Waals surface area contributed by atoms with Crippen molar-refractivity contribution in [3.05, 3.63) is 94.0 Å². The molecule has 36 heavy (non-hydrogen) atoms. The van der Waals surface area contributed by atoms with Gasteiger partial charge in [-0.25, -0.2) is 14.4 Å². The molecular formula is C25H19Cl2NO8. The first-order valence-electron chi connectivity index (χ1n) is 10.3. The fourth-order valence-corrected chi connectivity index (χ4v) is 3.20. The highest BCUT2D eigenvalue weighted by atomic mass is 35.5. The minimum atomic E-state index is -2.19. The van der Waals surface area contributed by atoms with E-state index >= 15 is 0 Å². The van der Waals surface area contributed by atoms with E-state index in [1.165, 1.54) is 67.8 Å². The lowest BCUT2D eigenvalue weighted by Gasteiger charge is -2.23. The number of carboxylic acids is 1. The number of hydrogen-bond donors (Lipinski definition) is 2. The molecule has 3 rings (SSSR count). The molecule has 0 aliphatic heterocycles. The van der Waals surface area contributed by atoms with Crippen LogP contribution in [-0.2, 0) is 19.1 Å². The second kappa shape index (κ2) is 12.1. The summed E-state index contributed by atoms with van der Waals surface area (Å²) < 4.78 is 15.4. The molecule has 0 saturated heterocycles. The van der Waals surface area contributed by atoms with E-state index in [0.717, 1.165) is 0 Å². The van der Waals surface area contributed by atoms with Crippen LogP contribution in [0.3, 0.4) is 0 Å². The van der Waals surface area contributed by atoms with Crippen LogP contribution in [0.1, 0.15) is 20.7 Å². The van der Waals surface area contributed by atoms with Gasteiger partial charge in [-0.3, -0.25) is 4.79 Å². The number of anilines is 1. The summed E-state index contributed by atoms with van der Waals surface area (Å²) in [7, 11) is 1.42.